The monoisotopic (exact) mass is 499 g/mol. The molecule has 1 aliphatic rings. The van der Waals surface area contributed by atoms with Crippen molar-refractivity contribution in [2.45, 2.75) is 51.0 Å². The Bertz CT molecular complexity index is 1320. The molecule has 3 N–H and O–H groups in total. The van der Waals surface area contributed by atoms with E-state index in [0.29, 0.717) is 28.0 Å². The number of aliphatic hydroxyl groups excluding tert-OH is 2. The molecular weight excluding hydrogens is 470 g/mol. The third kappa shape index (κ3) is 4.80. The molecule has 2 aromatic carbocycles. The Morgan fingerprint density at radius 2 is 1.75 bits per heavy atom. The molecule has 0 spiro atoms. The second-order valence-electron chi connectivity index (χ2n) is 9.08. The molecule has 36 heavy (non-hydrogen) atoms. The topological polar surface area (TPSA) is 137 Å². The number of aryl methyl sites for hydroxylation is 1. The molecule has 2 heterocycles. The first-order valence-corrected chi connectivity index (χ1v) is 11.3. The molecule has 10 heteroatoms. The van der Waals surface area contributed by atoms with Gasteiger partial charge in [-0.2, -0.15) is 0 Å². The van der Waals surface area contributed by atoms with Crippen molar-refractivity contribution in [3.63, 3.8) is 0 Å². The van der Waals surface area contributed by atoms with Gasteiger partial charge in [0, 0.05) is 23.6 Å². The molecule has 10 nitrogen and oxygen atoms in total. The summed E-state index contributed by atoms with van der Waals surface area (Å²) >= 11 is 0. The molecule has 0 saturated carbocycles. The van der Waals surface area contributed by atoms with Crippen LogP contribution < -0.4 is 20.4 Å². The van der Waals surface area contributed by atoms with Crippen LogP contribution in [0.3, 0.4) is 0 Å². The third-order valence-corrected chi connectivity index (χ3v) is 6.24. The molecule has 1 saturated heterocycles. The van der Waals surface area contributed by atoms with E-state index in [-0.39, 0.29) is 11.3 Å². The quantitative estimate of drug-likeness (QED) is 0.437. The molecule has 192 valence electrons. The fraction of sp³-hybridized carbons (Fsp3) is 0.385. The summed E-state index contributed by atoms with van der Waals surface area (Å²) in [6.07, 6.45) is -4.55. The smallest absolute Gasteiger partial charge is 0.360 e. The van der Waals surface area contributed by atoms with Crippen molar-refractivity contribution in [1.29, 1.82) is 0 Å². The highest BCUT2D eigenvalue weighted by molar-refractivity contribution is 6.04. The lowest BCUT2D eigenvalue weighted by atomic mass is 9.89. The Morgan fingerprint density at radius 3 is 2.39 bits per heavy atom. The molecule has 4 rings (SSSR count). The first-order valence-electron chi connectivity index (χ1n) is 11.3. The van der Waals surface area contributed by atoms with E-state index in [1.54, 1.807) is 57.2 Å². The molecule has 1 amide bonds. The summed E-state index contributed by atoms with van der Waals surface area (Å²) in [7, 11) is 2.95. The zero-order valence-corrected chi connectivity index (χ0v) is 20.6. The van der Waals surface area contributed by atoms with E-state index in [1.165, 1.54) is 20.3 Å². The molecule has 0 unspecified atom stereocenters. The maximum atomic E-state index is 12.6. The summed E-state index contributed by atoms with van der Waals surface area (Å²) in [6, 6.07) is 11.2. The molecule has 0 bridgehead atoms. The number of carbonyl (C=O) groups is 1. The second-order valence-corrected chi connectivity index (χ2v) is 9.08. The van der Waals surface area contributed by atoms with Gasteiger partial charge in [-0.25, -0.2) is 4.79 Å². The molecule has 0 radical (unpaired) electrons. The van der Waals surface area contributed by atoms with E-state index in [4.69, 9.17) is 23.4 Å². The summed E-state index contributed by atoms with van der Waals surface area (Å²) in [4.78, 5) is 25.2. The van der Waals surface area contributed by atoms with Crippen LogP contribution >= 0.6 is 0 Å². The van der Waals surface area contributed by atoms with Gasteiger partial charge in [-0.1, -0.05) is 0 Å². The van der Waals surface area contributed by atoms with Gasteiger partial charge in [0.2, 0.25) is 6.29 Å². The van der Waals surface area contributed by atoms with Crippen LogP contribution in [0.25, 0.3) is 11.0 Å². The molecule has 1 aromatic heterocycles. The van der Waals surface area contributed by atoms with Gasteiger partial charge in [0.05, 0.1) is 12.7 Å². The van der Waals surface area contributed by atoms with Gasteiger partial charge >= 0.3 is 5.63 Å². The van der Waals surface area contributed by atoms with E-state index >= 15 is 0 Å². The van der Waals surface area contributed by atoms with Gasteiger partial charge in [-0.3, -0.25) is 4.79 Å². The Hall–Kier alpha value is -3.44. The Morgan fingerprint density at radius 1 is 1.06 bits per heavy atom. The van der Waals surface area contributed by atoms with Crippen LogP contribution in [0.2, 0.25) is 0 Å². The van der Waals surface area contributed by atoms with Gasteiger partial charge < -0.3 is 38.9 Å². The second kappa shape index (κ2) is 9.90. The highest BCUT2D eigenvalue weighted by atomic mass is 16.7. The molecule has 1 aliphatic heterocycles. The minimum Gasteiger partial charge on any atom is -0.497 e. The number of benzene rings is 2. The van der Waals surface area contributed by atoms with Gasteiger partial charge in [0.25, 0.3) is 5.91 Å². The predicted octanol–water partition coefficient (Wildman–Crippen LogP) is 2.61. The van der Waals surface area contributed by atoms with Crippen molar-refractivity contribution in [2.75, 3.05) is 19.5 Å². The van der Waals surface area contributed by atoms with E-state index < -0.39 is 41.7 Å². The number of carbonyl (C=O) groups excluding carboxylic acids is 1. The Kier molecular flexibility index (Phi) is 7.05. The first-order chi connectivity index (χ1) is 17.1. The number of amides is 1. The summed E-state index contributed by atoms with van der Waals surface area (Å²) in [5.74, 6) is 0.427. The van der Waals surface area contributed by atoms with Crippen molar-refractivity contribution in [3.8, 4) is 11.5 Å². The van der Waals surface area contributed by atoms with Gasteiger partial charge in [0.15, 0.2) is 0 Å². The fourth-order valence-electron chi connectivity index (χ4n) is 4.29. The molecular formula is C26H29NO9. The number of methoxy groups -OCH3 is 2. The highest BCUT2D eigenvalue weighted by Crippen LogP contribution is 2.35. The predicted molar refractivity (Wildman–Crippen MR) is 131 cm³/mol. The fourth-order valence-corrected chi connectivity index (χ4v) is 4.29. The highest BCUT2D eigenvalue weighted by Gasteiger charge is 2.50. The Balaban J connectivity index is 1.58. The van der Waals surface area contributed by atoms with Crippen LogP contribution in [0, 0.1) is 6.92 Å². The summed E-state index contributed by atoms with van der Waals surface area (Å²) < 4.78 is 27.6. The van der Waals surface area contributed by atoms with Crippen LogP contribution in [-0.4, -0.2) is 60.5 Å². The van der Waals surface area contributed by atoms with Gasteiger partial charge in [-0.15, -0.1) is 0 Å². The van der Waals surface area contributed by atoms with Gasteiger partial charge in [-0.05, 0) is 63.2 Å². The average molecular weight is 500 g/mol. The first kappa shape index (κ1) is 25.6. The van der Waals surface area contributed by atoms with E-state index in [2.05, 4.69) is 5.32 Å². The maximum Gasteiger partial charge on any atom is 0.360 e. The maximum absolute atomic E-state index is 12.6. The van der Waals surface area contributed by atoms with Crippen molar-refractivity contribution in [3.05, 3.63) is 64.0 Å². The third-order valence-electron chi connectivity index (χ3n) is 6.24. The van der Waals surface area contributed by atoms with Crippen LogP contribution in [0.4, 0.5) is 5.69 Å². The lowest BCUT2D eigenvalue weighted by molar-refractivity contribution is -0.306. The summed E-state index contributed by atoms with van der Waals surface area (Å²) in [5, 5.41) is 24.1. The van der Waals surface area contributed by atoms with Crippen LogP contribution in [0.1, 0.15) is 29.8 Å². The molecule has 3 aromatic rings. The van der Waals surface area contributed by atoms with Crippen molar-refractivity contribution >= 4 is 22.6 Å². The minimum absolute atomic E-state index is 0.0158. The number of hydrogen-bond donors (Lipinski definition) is 3. The summed E-state index contributed by atoms with van der Waals surface area (Å²) in [6.45, 7) is 5.13. The number of aliphatic hydroxyl groups is 2. The Labute approximate surface area is 207 Å². The van der Waals surface area contributed by atoms with Crippen molar-refractivity contribution in [2.24, 2.45) is 0 Å². The summed E-state index contributed by atoms with van der Waals surface area (Å²) in [5.41, 5.74) is -0.612. The van der Waals surface area contributed by atoms with Crippen LogP contribution in [0.5, 0.6) is 11.5 Å². The standard InChI is InChI=1S/C26H29NO9/c1-13-18(34-25-20(29)19(28)22(33-5)26(2,3)36-25)11-8-15-12-17(24(31)35-21(13)15)27-23(30)14-6-9-16(32-4)10-7-14/h6-12,19-20,22,25,28-29H,1-5H3,(H,27,30)/t19-,20+,22+,25+/m0/s1. The number of ether oxygens (including phenoxy) is 4. The van der Waals surface area contributed by atoms with Crippen molar-refractivity contribution < 1.29 is 38.4 Å². The normalized spacial score (nSPS) is 23.3. The number of rotatable bonds is 6. The van der Waals surface area contributed by atoms with Gasteiger partial charge in [0.1, 0.15) is 41.1 Å². The molecule has 4 atom stereocenters. The van der Waals surface area contributed by atoms with Crippen LogP contribution in [-0.2, 0) is 9.47 Å². The van der Waals surface area contributed by atoms with E-state index in [1.807, 2.05) is 0 Å². The average Bonchev–Trinajstić information content (AvgIpc) is 2.85. The number of hydrogen-bond acceptors (Lipinski definition) is 9. The SMILES string of the molecule is COc1ccc(C(=O)Nc2cc3ccc(O[C@@H]4OC(C)(C)[C@H](OC)[C@@H](O)[C@H]4O)c(C)c3oc2=O)cc1. The zero-order valence-electron chi connectivity index (χ0n) is 20.6. The number of fused-ring (bicyclic) bond motifs is 1. The molecule has 0 aliphatic carbocycles. The minimum atomic E-state index is -1.37. The largest absolute Gasteiger partial charge is 0.497 e. The zero-order chi connectivity index (χ0) is 26.2. The van der Waals surface area contributed by atoms with Crippen LogP contribution in [0.15, 0.2) is 51.7 Å². The van der Waals surface area contributed by atoms with Crippen molar-refractivity contribution in [1.82, 2.24) is 0 Å². The molecule has 1 fully saturated rings. The lowest BCUT2D eigenvalue weighted by Gasteiger charge is -2.46. The van der Waals surface area contributed by atoms with E-state index in [0.717, 1.165) is 0 Å². The lowest BCUT2D eigenvalue weighted by Crippen LogP contribution is -2.63. The number of nitrogens with one attached hydrogen (secondary N) is 1. The van der Waals surface area contributed by atoms with E-state index in [9.17, 15) is 19.8 Å². The number of anilines is 1.